The van der Waals surface area contributed by atoms with Crippen LogP contribution in [0.25, 0.3) is 0 Å². The van der Waals surface area contributed by atoms with Crippen LogP contribution in [0.4, 0.5) is 0 Å². The number of carbonyl (C=O) groups is 1. The van der Waals surface area contributed by atoms with Crippen LogP contribution in [0.2, 0.25) is 0 Å². The Hall–Kier alpha value is -2.09. The molecule has 104 valence electrons. The monoisotopic (exact) mass is 268 g/mol. The van der Waals surface area contributed by atoms with Gasteiger partial charge in [-0.25, -0.2) is 0 Å². The molecule has 0 unspecified atom stereocenters. The van der Waals surface area contributed by atoms with Crippen LogP contribution in [0, 0.1) is 0 Å². The highest BCUT2D eigenvalue weighted by Gasteiger charge is 2.09. The lowest BCUT2D eigenvalue weighted by Gasteiger charge is -2.15. The van der Waals surface area contributed by atoms with Gasteiger partial charge in [-0.2, -0.15) is 0 Å². The number of rotatable bonds is 6. The maximum Gasteiger partial charge on any atom is 0.150 e. The first-order valence-electron chi connectivity index (χ1n) is 7.06. The first-order valence-corrected chi connectivity index (χ1v) is 7.06. The molecule has 0 fully saturated rings. The Balaban J connectivity index is 2.24. The van der Waals surface area contributed by atoms with Gasteiger partial charge in [-0.15, -0.1) is 0 Å². The number of aryl methyl sites for hydroxylation is 2. The van der Waals surface area contributed by atoms with Gasteiger partial charge in [0.05, 0.1) is 0 Å². The molecule has 2 aromatic rings. The fraction of sp³-hybridized carbons (Fsp3) is 0.278. The zero-order valence-corrected chi connectivity index (χ0v) is 12.1. The van der Waals surface area contributed by atoms with Crippen molar-refractivity contribution in [1.82, 2.24) is 0 Å². The second kappa shape index (κ2) is 6.90. The third kappa shape index (κ3) is 3.08. The molecule has 0 aliphatic rings. The van der Waals surface area contributed by atoms with Crippen molar-refractivity contribution in [3.05, 3.63) is 64.7 Å². The van der Waals surface area contributed by atoms with Crippen molar-refractivity contribution < 1.29 is 9.53 Å². The van der Waals surface area contributed by atoms with Gasteiger partial charge in [0.2, 0.25) is 0 Å². The Morgan fingerprint density at radius 2 is 1.50 bits per heavy atom. The van der Waals surface area contributed by atoms with Gasteiger partial charge in [-0.1, -0.05) is 56.3 Å². The van der Waals surface area contributed by atoms with Crippen molar-refractivity contribution in [3.63, 3.8) is 0 Å². The fourth-order valence-corrected chi connectivity index (χ4v) is 2.31. The van der Waals surface area contributed by atoms with E-state index in [-0.39, 0.29) is 0 Å². The number of aldehydes is 1. The van der Waals surface area contributed by atoms with Gasteiger partial charge in [0.25, 0.3) is 0 Å². The molecular formula is C18H20O2. The van der Waals surface area contributed by atoms with Gasteiger partial charge in [0.15, 0.2) is 0 Å². The number of hydrogen-bond donors (Lipinski definition) is 0. The van der Waals surface area contributed by atoms with E-state index in [0.717, 1.165) is 30.4 Å². The molecule has 0 radical (unpaired) electrons. The van der Waals surface area contributed by atoms with Crippen molar-refractivity contribution in [2.24, 2.45) is 0 Å². The molecule has 0 aliphatic carbocycles. The molecule has 2 nitrogen and oxygen atoms in total. The Morgan fingerprint density at radius 1 is 0.900 bits per heavy atom. The van der Waals surface area contributed by atoms with Crippen LogP contribution in [0.1, 0.15) is 40.9 Å². The fourth-order valence-electron chi connectivity index (χ4n) is 2.31. The van der Waals surface area contributed by atoms with Crippen molar-refractivity contribution >= 4 is 6.29 Å². The minimum absolute atomic E-state index is 0.429. The van der Waals surface area contributed by atoms with Crippen LogP contribution in [0.5, 0.6) is 5.75 Å². The molecule has 20 heavy (non-hydrogen) atoms. The van der Waals surface area contributed by atoms with Gasteiger partial charge >= 0.3 is 0 Å². The van der Waals surface area contributed by atoms with Crippen molar-refractivity contribution in [3.8, 4) is 5.75 Å². The maximum absolute atomic E-state index is 11.0. The van der Waals surface area contributed by atoms with Gasteiger partial charge in [0, 0.05) is 5.56 Å². The first kappa shape index (κ1) is 14.3. The highest BCUT2D eigenvalue weighted by molar-refractivity contribution is 5.77. The molecular weight excluding hydrogens is 248 g/mol. The highest BCUT2D eigenvalue weighted by Crippen LogP contribution is 2.26. The summed E-state index contributed by atoms with van der Waals surface area (Å²) >= 11 is 0. The molecule has 0 saturated carbocycles. The number of para-hydroxylation sites is 1. The molecule has 0 aromatic heterocycles. The smallest absolute Gasteiger partial charge is 0.150 e. The number of carbonyl (C=O) groups excluding carboxylic acids is 1. The van der Waals surface area contributed by atoms with Crippen molar-refractivity contribution in [1.29, 1.82) is 0 Å². The second-order valence-corrected chi connectivity index (χ2v) is 4.72. The number of hydrogen-bond acceptors (Lipinski definition) is 2. The van der Waals surface area contributed by atoms with Crippen LogP contribution in [0.15, 0.2) is 42.5 Å². The third-order valence-electron chi connectivity index (χ3n) is 3.49. The molecule has 2 rings (SSSR count). The summed E-state index contributed by atoms with van der Waals surface area (Å²) in [6, 6.07) is 13.8. The van der Waals surface area contributed by atoms with E-state index >= 15 is 0 Å². The Kier molecular flexibility index (Phi) is 4.94. The summed E-state index contributed by atoms with van der Waals surface area (Å²) in [5, 5.41) is 0. The topological polar surface area (TPSA) is 26.3 Å². The second-order valence-electron chi connectivity index (χ2n) is 4.72. The Morgan fingerprint density at radius 3 is 2.10 bits per heavy atom. The highest BCUT2D eigenvalue weighted by atomic mass is 16.5. The first-order chi connectivity index (χ1) is 9.80. The average molecular weight is 268 g/mol. The predicted octanol–water partition coefficient (Wildman–Crippen LogP) is 4.20. The zero-order chi connectivity index (χ0) is 14.4. The summed E-state index contributed by atoms with van der Waals surface area (Å²) in [5.74, 6) is 0.971. The SMILES string of the molecule is CCc1cccc(CC)c1OCc1ccccc1C=O. The van der Waals surface area contributed by atoms with Crippen LogP contribution in [0.3, 0.4) is 0 Å². The van der Waals surface area contributed by atoms with Crippen LogP contribution in [-0.2, 0) is 19.4 Å². The molecule has 2 aromatic carbocycles. The summed E-state index contributed by atoms with van der Waals surface area (Å²) < 4.78 is 6.02. The quantitative estimate of drug-likeness (QED) is 0.734. The predicted molar refractivity (Wildman–Crippen MR) is 81.4 cm³/mol. The van der Waals surface area contributed by atoms with E-state index in [0.29, 0.717) is 12.2 Å². The Labute approximate surface area is 120 Å². The zero-order valence-electron chi connectivity index (χ0n) is 12.1. The molecule has 0 aliphatic heterocycles. The normalized spacial score (nSPS) is 10.3. The summed E-state index contributed by atoms with van der Waals surface area (Å²) in [7, 11) is 0. The van der Waals surface area contributed by atoms with Crippen molar-refractivity contribution in [2.75, 3.05) is 0 Å². The van der Waals surface area contributed by atoms with Gasteiger partial charge in [-0.05, 0) is 29.5 Å². The lowest BCUT2D eigenvalue weighted by Crippen LogP contribution is -2.03. The minimum Gasteiger partial charge on any atom is -0.488 e. The number of benzene rings is 2. The Bertz CT molecular complexity index is 565. The van der Waals surface area contributed by atoms with Gasteiger partial charge < -0.3 is 4.74 Å². The lowest BCUT2D eigenvalue weighted by atomic mass is 10.0. The van der Waals surface area contributed by atoms with Crippen LogP contribution in [-0.4, -0.2) is 6.29 Å². The summed E-state index contributed by atoms with van der Waals surface area (Å²) in [4.78, 5) is 11.0. The van der Waals surface area contributed by atoms with Crippen LogP contribution >= 0.6 is 0 Å². The molecule has 0 saturated heterocycles. The third-order valence-corrected chi connectivity index (χ3v) is 3.49. The van der Waals surface area contributed by atoms with E-state index in [1.54, 1.807) is 0 Å². The molecule has 2 heteroatoms. The van der Waals surface area contributed by atoms with E-state index in [1.165, 1.54) is 11.1 Å². The summed E-state index contributed by atoms with van der Waals surface area (Å²) in [6.45, 7) is 4.68. The molecule has 0 amide bonds. The van der Waals surface area contributed by atoms with E-state index in [2.05, 4.69) is 32.0 Å². The molecule has 0 atom stereocenters. The molecule has 0 N–H and O–H groups in total. The van der Waals surface area contributed by atoms with E-state index in [4.69, 9.17) is 4.74 Å². The molecule has 0 heterocycles. The summed E-state index contributed by atoms with van der Waals surface area (Å²) in [5.41, 5.74) is 4.05. The average Bonchev–Trinajstić information content (AvgIpc) is 2.52. The van der Waals surface area contributed by atoms with Gasteiger partial charge in [-0.3, -0.25) is 4.79 Å². The largest absolute Gasteiger partial charge is 0.488 e. The molecule has 0 bridgehead atoms. The summed E-state index contributed by atoms with van der Waals surface area (Å²) in [6.07, 6.45) is 2.77. The minimum atomic E-state index is 0.429. The molecule has 0 spiro atoms. The van der Waals surface area contributed by atoms with Crippen molar-refractivity contribution in [2.45, 2.75) is 33.3 Å². The van der Waals surface area contributed by atoms with Gasteiger partial charge in [0.1, 0.15) is 18.6 Å². The van der Waals surface area contributed by atoms with E-state index in [1.807, 2.05) is 24.3 Å². The van der Waals surface area contributed by atoms with E-state index < -0.39 is 0 Å². The van der Waals surface area contributed by atoms with Crippen LogP contribution < -0.4 is 4.74 Å². The maximum atomic E-state index is 11.0. The lowest BCUT2D eigenvalue weighted by molar-refractivity contribution is 0.112. The number of ether oxygens (including phenoxy) is 1. The van der Waals surface area contributed by atoms with E-state index in [9.17, 15) is 4.79 Å². The standard InChI is InChI=1S/C18H20O2/c1-3-14-10-7-11-15(4-2)18(14)20-13-17-9-6-5-8-16(17)12-19/h5-12H,3-4,13H2,1-2H3.